The first-order valence-electron chi connectivity index (χ1n) is 5.47. The maximum Gasteiger partial charge on any atom is 0.254 e. The van der Waals surface area contributed by atoms with Gasteiger partial charge in [0.25, 0.3) is 5.91 Å². The topological polar surface area (TPSA) is 86.5 Å². The number of benzene rings is 1. The highest BCUT2D eigenvalue weighted by Gasteiger charge is 2.30. The van der Waals surface area contributed by atoms with E-state index < -0.39 is 12.0 Å². The number of nitrogen functional groups attached to an aromatic ring is 1. The minimum Gasteiger partial charge on any atom is -0.548 e. The number of aliphatic carboxylic acids is 1. The molecule has 2 N–H and O–H groups in total. The van der Waals surface area contributed by atoms with Crippen LogP contribution in [0, 0.1) is 0 Å². The van der Waals surface area contributed by atoms with Crippen molar-refractivity contribution in [2.24, 2.45) is 0 Å². The number of rotatable bonds is 2. The van der Waals surface area contributed by atoms with Crippen LogP contribution in [0.1, 0.15) is 23.2 Å². The lowest BCUT2D eigenvalue weighted by atomic mass is 10.1. The highest BCUT2D eigenvalue weighted by Crippen LogP contribution is 2.20. The van der Waals surface area contributed by atoms with E-state index in [0.29, 0.717) is 30.6 Å². The summed E-state index contributed by atoms with van der Waals surface area (Å²) in [4.78, 5) is 24.3. The lowest BCUT2D eigenvalue weighted by Gasteiger charge is -2.25. The Balaban J connectivity index is 2.23. The molecule has 1 heterocycles. The molecule has 0 radical (unpaired) electrons. The van der Waals surface area contributed by atoms with Crippen molar-refractivity contribution in [1.82, 2.24) is 4.90 Å². The first-order chi connectivity index (χ1) is 8.09. The van der Waals surface area contributed by atoms with Gasteiger partial charge in [-0.1, -0.05) is 6.07 Å². The van der Waals surface area contributed by atoms with Gasteiger partial charge in [0, 0.05) is 17.8 Å². The fourth-order valence-corrected chi connectivity index (χ4v) is 2.09. The van der Waals surface area contributed by atoms with E-state index in [1.165, 1.54) is 4.90 Å². The van der Waals surface area contributed by atoms with E-state index in [9.17, 15) is 14.7 Å². The van der Waals surface area contributed by atoms with Crippen LogP contribution in [0.25, 0.3) is 0 Å². The predicted octanol–water partition coefficient (Wildman–Crippen LogP) is -0.377. The van der Waals surface area contributed by atoms with Gasteiger partial charge in [0.2, 0.25) is 0 Å². The first-order valence-corrected chi connectivity index (χ1v) is 5.47. The number of nitrogens with two attached hydrogens (primary N) is 1. The summed E-state index contributed by atoms with van der Waals surface area (Å²) < 4.78 is 0. The Morgan fingerprint density at radius 3 is 2.82 bits per heavy atom. The lowest BCUT2D eigenvalue weighted by Crippen LogP contribution is -2.46. The number of carbonyl (C=O) groups excluding carboxylic acids is 2. The molecule has 1 saturated heterocycles. The normalized spacial score (nSPS) is 19.3. The molecule has 1 aliphatic heterocycles. The van der Waals surface area contributed by atoms with Crippen molar-refractivity contribution in [3.63, 3.8) is 0 Å². The van der Waals surface area contributed by atoms with Crippen molar-refractivity contribution < 1.29 is 14.7 Å². The number of carboxylic acid groups (broad SMARTS) is 1. The zero-order valence-electron chi connectivity index (χ0n) is 9.26. The van der Waals surface area contributed by atoms with Crippen molar-refractivity contribution in [2.45, 2.75) is 18.9 Å². The summed E-state index contributed by atoms with van der Waals surface area (Å²) in [6, 6.07) is 5.71. The number of carbonyl (C=O) groups is 2. The number of nitrogens with zero attached hydrogens (tertiary/aromatic N) is 1. The van der Waals surface area contributed by atoms with Crippen LogP contribution < -0.4 is 10.8 Å². The van der Waals surface area contributed by atoms with Crippen LogP contribution in [0.2, 0.25) is 0 Å². The molecule has 5 nitrogen and oxygen atoms in total. The Morgan fingerprint density at radius 1 is 1.41 bits per heavy atom. The molecule has 2 rings (SSSR count). The van der Waals surface area contributed by atoms with Gasteiger partial charge in [0.15, 0.2) is 0 Å². The van der Waals surface area contributed by atoms with Gasteiger partial charge in [-0.2, -0.15) is 0 Å². The molecule has 17 heavy (non-hydrogen) atoms. The second kappa shape index (κ2) is 4.45. The molecule has 1 fully saturated rings. The van der Waals surface area contributed by atoms with Crippen molar-refractivity contribution in [3.05, 3.63) is 29.8 Å². The van der Waals surface area contributed by atoms with Gasteiger partial charge in [-0.15, -0.1) is 0 Å². The summed E-state index contributed by atoms with van der Waals surface area (Å²) in [7, 11) is 0. The number of carboxylic acids is 1. The Labute approximate surface area is 98.8 Å². The van der Waals surface area contributed by atoms with E-state index in [1.807, 2.05) is 0 Å². The highest BCUT2D eigenvalue weighted by atomic mass is 16.4. The summed E-state index contributed by atoms with van der Waals surface area (Å²) in [6.07, 6.45) is 1.14. The number of hydrogen-bond donors (Lipinski definition) is 1. The first kappa shape index (κ1) is 11.4. The van der Waals surface area contributed by atoms with Crippen LogP contribution in [0.4, 0.5) is 5.69 Å². The van der Waals surface area contributed by atoms with Crippen LogP contribution >= 0.6 is 0 Å². The minimum absolute atomic E-state index is 0.302. The quantitative estimate of drug-likeness (QED) is 0.706. The van der Waals surface area contributed by atoms with Crippen molar-refractivity contribution in [3.8, 4) is 0 Å². The van der Waals surface area contributed by atoms with Crippen molar-refractivity contribution in [2.75, 3.05) is 12.3 Å². The summed E-state index contributed by atoms with van der Waals surface area (Å²) in [5, 5.41) is 10.9. The van der Waals surface area contributed by atoms with Crippen LogP contribution in [0.5, 0.6) is 0 Å². The van der Waals surface area contributed by atoms with Crippen molar-refractivity contribution in [1.29, 1.82) is 0 Å². The smallest absolute Gasteiger partial charge is 0.254 e. The highest BCUT2D eigenvalue weighted by molar-refractivity contribution is 5.97. The summed E-state index contributed by atoms with van der Waals surface area (Å²) in [6.45, 7) is 0.451. The molecule has 0 saturated carbocycles. The monoisotopic (exact) mass is 233 g/mol. The standard InChI is InChI=1S/C12H14N2O3/c13-9-4-1-3-8(7-9)11(15)14-6-2-5-10(14)12(16)17/h1,3-4,7,10H,2,5-6,13H2,(H,16,17)/p-1. The molecular weight excluding hydrogens is 220 g/mol. The maximum atomic E-state index is 12.1. The molecule has 0 spiro atoms. The predicted molar refractivity (Wildman–Crippen MR) is 59.9 cm³/mol. The number of hydrogen-bond acceptors (Lipinski definition) is 4. The summed E-state index contributed by atoms with van der Waals surface area (Å²) in [5.74, 6) is -1.50. The van der Waals surface area contributed by atoms with Gasteiger partial charge in [-0.25, -0.2) is 0 Å². The minimum atomic E-state index is -1.19. The van der Waals surface area contributed by atoms with Crippen LogP contribution in [0.3, 0.4) is 0 Å². The average Bonchev–Trinajstić information content (AvgIpc) is 2.77. The second-order valence-corrected chi connectivity index (χ2v) is 4.10. The fraction of sp³-hybridized carbons (Fsp3) is 0.333. The molecular formula is C12H13N2O3-. The lowest BCUT2D eigenvalue weighted by molar-refractivity contribution is -0.310. The molecule has 1 unspecified atom stereocenters. The van der Waals surface area contributed by atoms with E-state index >= 15 is 0 Å². The van der Waals surface area contributed by atoms with Crippen LogP contribution in [-0.4, -0.2) is 29.4 Å². The van der Waals surface area contributed by atoms with Gasteiger partial charge in [0.1, 0.15) is 0 Å². The number of likely N-dealkylation sites (tertiary alicyclic amines) is 1. The third-order valence-corrected chi connectivity index (χ3v) is 2.92. The third kappa shape index (κ3) is 2.22. The molecule has 0 aromatic heterocycles. The molecule has 90 valence electrons. The Kier molecular flexibility index (Phi) is 2.99. The molecule has 1 aliphatic rings. The van der Waals surface area contributed by atoms with Crippen molar-refractivity contribution >= 4 is 17.6 Å². The maximum absolute atomic E-state index is 12.1. The van der Waals surface area contributed by atoms with Gasteiger partial charge in [-0.3, -0.25) is 4.79 Å². The molecule has 1 aromatic carbocycles. The fourth-order valence-electron chi connectivity index (χ4n) is 2.09. The zero-order valence-corrected chi connectivity index (χ0v) is 9.26. The molecule has 0 aliphatic carbocycles. The molecule has 5 heteroatoms. The van der Waals surface area contributed by atoms with Gasteiger partial charge in [-0.05, 0) is 31.0 Å². The molecule has 1 atom stereocenters. The number of amides is 1. The summed E-state index contributed by atoms with van der Waals surface area (Å²) in [5.41, 5.74) is 6.49. The van der Waals surface area contributed by atoms with E-state index in [4.69, 9.17) is 5.73 Å². The molecule has 1 aromatic rings. The average molecular weight is 233 g/mol. The van der Waals surface area contributed by atoms with E-state index in [0.717, 1.165) is 0 Å². The summed E-state index contributed by atoms with van der Waals surface area (Å²) >= 11 is 0. The molecule has 0 bridgehead atoms. The van der Waals surface area contributed by atoms with Gasteiger partial charge >= 0.3 is 0 Å². The number of anilines is 1. The van der Waals surface area contributed by atoms with E-state index in [1.54, 1.807) is 24.3 Å². The largest absolute Gasteiger partial charge is 0.548 e. The Hall–Kier alpha value is -2.04. The SMILES string of the molecule is Nc1cccc(C(=O)N2CCCC2C(=O)[O-])c1. The molecule has 1 amide bonds. The van der Waals surface area contributed by atoms with E-state index in [2.05, 4.69) is 0 Å². The third-order valence-electron chi connectivity index (χ3n) is 2.92. The van der Waals surface area contributed by atoms with Gasteiger partial charge < -0.3 is 20.5 Å². The zero-order chi connectivity index (χ0) is 12.4. The van der Waals surface area contributed by atoms with Gasteiger partial charge in [0.05, 0.1) is 12.0 Å². The second-order valence-electron chi connectivity index (χ2n) is 4.10. The van der Waals surface area contributed by atoms with E-state index in [-0.39, 0.29) is 5.91 Å². The van der Waals surface area contributed by atoms with Crippen LogP contribution in [0.15, 0.2) is 24.3 Å². The van der Waals surface area contributed by atoms with Crippen LogP contribution in [-0.2, 0) is 4.79 Å². The Morgan fingerprint density at radius 2 is 2.18 bits per heavy atom. The Bertz CT molecular complexity index is 459.